The van der Waals surface area contributed by atoms with E-state index < -0.39 is 0 Å². The van der Waals surface area contributed by atoms with Gasteiger partial charge >= 0.3 is 0 Å². The molecule has 7 heteroatoms. The van der Waals surface area contributed by atoms with Gasteiger partial charge in [0.05, 0.1) is 37.8 Å². The average Bonchev–Trinajstić information content (AvgIpc) is 3.13. The molecule has 0 aliphatic carbocycles. The van der Waals surface area contributed by atoms with E-state index in [0.29, 0.717) is 31.1 Å². The first kappa shape index (κ1) is 18.7. The summed E-state index contributed by atoms with van der Waals surface area (Å²) in [6.45, 7) is 1.82. The molecule has 1 N–H and O–H groups in total. The van der Waals surface area contributed by atoms with Crippen LogP contribution in [-0.4, -0.2) is 35.0 Å². The van der Waals surface area contributed by atoms with E-state index >= 15 is 0 Å². The van der Waals surface area contributed by atoms with E-state index in [9.17, 15) is 4.79 Å². The van der Waals surface area contributed by atoms with Gasteiger partial charge in [0.1, 0.15) is 11.9 Å². The zero-order valence-electron chi connectivity index (χ0n) is 15.7. The lowest BCUT2D eigenvalue weighted by Gasteiger charge is -2.26. The molecule has 0 atom stereocenters. The molecule has 0 saturated carbocycles. The van der Waals surface area contributed by atoms with Crippen LogP contribution < -0.4 is 10.1 Å². The number of nitrogens with one attached hydrogen (secondary N) is 1. The van der Waals surface area contributed by atoms with Gasteiger partial charge < -0.3 is 14.8 Å². The quantitative estimate of drug-likeness (QED) is 0.672. The Morgan fingerprint density at radius 2 is 1.86 bits per heavy atom. The third-order valence-corrected chi connectivity index (χ3v) is 4.53. The fourth-order valence-corrected chi connectivity index (χ4v) is 2.92. The number of aromatic nitrogens is 2. The normalized spacial score (nSPS) is 13.3. The van der Waals surface area contributed by atoms with Gasteiger partial charge in [0.15, 0.2) is 5.82 Å². The molecule has 0 spiro atoms. The van der Waals surface area contributed by atoms with Crippen LogP contribution in [0.25, 0.3) is 0 Å². The number of ether oxygens (including phenoxy) is 2. The molecule has 0 radical (unpaired) electrons. The highest BCUT2D eigenvalue weighted by Gasteiger charge is 2.19. The Bertz CT molecular complexity index is 1020. The van der Waals surface area contributed by atoms with Crippen molar-refractivity contribution in [2.75, 3.05) is 18.5 Å². The number of carbonyl (C=O) groups excluding carboxylic acids is 1. The van der Waals surface area contributed by atoms with Gasteiger partial charge in [0, 0.05) is 12.3 Å². The topological polar surface area (TPSA) is 89.2 Å². The molecule has 1 fully saturated rings. The van der Waals surface area contributed by atoms with Crippen LogP contribution in [0.3, 0.4) is 0 Å². The van der Waals surface area contributed by atoms with Gasteiger partial charge in [-0.3, -0.25) is 9.48 Å². The van der Waals surface area contributed by atoms with Crippen molar-refractivity contribution in [1.29, 1.82) is 5.26 Å². The molecule has 1 aliphatic heterocycles. The minimum absolute atomic E-state index is 0.128. The van der Waals surface area contributed by atoms with E-state index in [0.717, 1.165) is 16.9 Å². The highest BCUT2D eigenvalue weighted by Crippen LogP contribution is 2.17. The van der Waals surface area contributed by atoms with Crippen LogP contribution in [-0.2, 0) is 22.5 Å². The molecule has 1 amide bonds. The molecule has 7 nitrogen and oxygen atoms in total. The fraction of sp³-hybridized carbons (Fsp3) is 0.227. The molecule has 4 rings (SSSR count). The van der Waals surface area contributed by atoms with Gasteiger partial charge in [-0.15, -0.1) is 0 Å². The Morgan fingerprint density at radius 1 is 1.14 bits per heavy atom. The van der Waals surface area contributed by atoms with Crippen molar-refractivity contribution < 1.29 is 14.3 Å². The van der Waals surface area contributed by atoms with E-state index in [2.05, 4.69) is 16.5 Å². The van der Waals surface area contributed by atoms with Crippen LogP contribution in [0.2, 0.25) is 0 Å². The molecule has 2 aromatic carbocycles. The number of nitrogens with zero attached hydrogens (tertiary/aromatic N) is 3. The van der Waals surface area contributed by atoms with Gasteiger partial charge in [-0.05, 0) is 35.4 Å². The summed E-state index contributed by atoms with van der Waals surface area (Å²) < 4.78 is 12.5. The second-order valence-corrected chi connectivity index (χ2v) is 6.85. The smallest absolute Gasteiger partial charge is 0.229 e. The van der Waals surface area contributed by atoms with Crippen LogP contribution in [0, 0.1) is 11.3 Å². The van der Waals surface area contributed by atoms with Crippen LogP contribution in [0.1, 0.15) is 16.7 Å². The summed E-state index contributed by atoms with van der Waals surface area (Å²) in [5.41, 5.74) is 2.55. The molecule has 146 valence electrons. The predicted molar refractivity (Wildman–Crippen MR) is 106 cm³/mol. The van der Waals surface area contributed by atoms with Gasteiger partial charge in [-0.1, -0.05) is 24.3 Å². The molecular formula is C22H20N4O3. The van der Waals surface area contributed by atoms with Crippen molar-refractivity contribution in [2.24, 2.45) is 0 Å². The summed E-state index contributed by atoms with van der Waals surface area (Å²) in [4.78, 5) is 12.3. The molecule has 0 unspecified atom stereocenters. The maximum atomic E-state index is 12.3. The van der Waals surface area contributed by atoms with Crippen LogP contribution in [0.15, 0.2) is 60.8 Å². The van der Waals surface area contributed by atoms with Crippen molar-refractivity contribution in [1.82, 2.24) is 9.78 Å². The molecule has 1 aliphatic rings. The molecule has 0 bridgehead atoms. The van der Waals surface area contributed by atoms with E-state index in [1.165, 1.54) is 0 Å². The summed E-state index contributed by atoms with van der Waals surface area (Å²) in [5, 5.41) is 16.1. The van der Waals surface area contributed by atoms with E-state index in [-0.39, 0.29) is 18.4 Å². The maximum Gasteiger partial charge on any atom is 0.229 e. The van der Waals surface area contributed by atoms with Gasteiger partial charge in [0.25, 0.3) is 0 Å². The lowest BCUT2D eigenvalue weighted by molar-refractivity contribution is -0.115. The number of nitriles is 1. The summed E-state index contributed by atoms with van der Waals surface area (Å²) in [6, 6.07) is 18.7. The van der Waals surface area contributed by atoms with E-state index in [1.807, 2.05) is 42.6 Å². The monoisotopic (exact) mass is 388 g/mol. The molecule has 29 heavy (non-hydrogen) atoms. The number of hydrogen-bond donors (Lipinski definition) is 1. The largest absolute Gasteiger partial charge is 0.486 e. The number of carbonyl (C=O) groups is 1. The van der Waals surface area contributed by atoms with Gasteiger partial charge in [0.2, 0.25) is 5.91 Å². The van der Waals surface area contributed by atoms with Crippen molar-refractivity contribution in [2.45, 2.75) is 19.1 Å². The van der Waals surface area contributed by atoms with Crippen LogP contribution in [0.5, 0.6) is 5.75 Å². The Hall–Kier alpha value is -3.63. The molecule has 1 saturated heterocycles. The average molecular weight is 388 g/mol. The first-order valence-corrected chi connectivity index (χ1v) is 9.33. The fourth-order valence-electron chi connectivity index (χ4n) is 2.92. The second kappa shape index (κ2) is 8.59. The lowest BCUT2D eigenvalue weighted by atomic mass is 10.1. The SMILES string of the molecule is N#Cc1ccc(Cn2ccc(NC(=O)Cc3ccc(OC4COC4)cc3)n2)cc1. The van der Waals surface area contributed by atoms with Crippen LogP contribution in [0.4, 0.5) is 5.82 Å². The third-order valence-electron chi connectivity index (χ3n) is 4.53. The summed E-state index contributed by atoms with van der Waals surface area (Å²) in [7, 11) is 0. The summed E-state index contributed by atoms with van der Waals surface area (Å²) in [5.74, 6) is 1.16. The van der Waals surface area contributed by atoms with Crippen molar-refractivity contribution in [3.05, 3.63) is 77.5 Å². The number of anilines is 1. The van der Waals surface area contributed by atoms with Crippen molar-refractivity contribution >= 4 is 11.7 Å². The maximum absolute atomic E-state index is 12.3. The van der Waals surface area contributed by atoms with Gasteiger partial charge in [-0.2, -0.15) is 10.4 Å². The Kier molecular flexibility index (Phi) is 5.54. The summed E-state index contributed by atoms with van der Waals surface area (Å²) in [6.07, 6.45) is 2.20. The zero-order chi connectivity index (χ0) is 20.1. The summed E-state index contributed by atoms with van der Waals surface area (Å²) >= 11 is 0. The Labute approximate surface area is 168 Å². The van der Waals surface area contributed by atoms with E-state index in [1.54, 1.807) is 22.9 Å². The number of rotatable bonds is 7. The molecule has 3 aromatic rings. The Balaban J connectivity index is 1.28. The van der Waals surface area contributed by atoms with Crippen molar-refractivity contribution in [3.63, 3.8) is 0 Å². The first-order chi connectivity index (χ1) is 14.2. The lowest BCUT2D eigenvalue weighted by Crippen LogP contribution is -2.38. The third kappa shape index (κ3) is 5.00. The zero-order valence-corrected chi connectivity index (χ0v) is 15.7. The van der Waals surface area contributed by atoms with Crippen LogP contribution >= 0.6 is 0 Å². The molecule has 1 aromatic heterocycles. The standard InChI is InChI=1S/C22H20N4O3/c23-12-17-1-3-18(4-2-17)13-26-10-9-21(25-26)24-22(27)11-16-5-7-19(8-6-16)29-20-14-28-15-20/h1-10,20H,11,13-15H2,(H,24,25,27). The number of benzene rings is 2. The number of hydrogen-bond acceptors (Lipinski definition) is 5. The highest BCUT2D eigenvalue weighted by molar-refractivity contribution is 5.91. The van der Waals surface area contributed by atoms with Gasteiger partial charge in [-0.25, -0.2) is 0 Å². The second-order valence-electron chi connectivity index (χ2n) is 6.85. The Morgan fingerprint density at radius 3 is 2.52 bits per heavy atom. The number of amides is 1. The highest BCUT2D eigenvalue weighted by atomic mass is 16.6. The first-order valence-electron chi connectivity index (χ1n) is 9.33. The minimum Gasteiger partial charge on any atom is -0.486 e. The minimum atomic E-state index is -0.130. The predicted octanol–water partition coefficient (Wildman–Crippen LogP) is 2.76. The van der Waals surface area contributed by atoms with Crippen molar-refractivity contribution in [3.8, 4) is 11.8 Å². The van der Waals surface area contributed by atoms with E-state index in [4.69, 9.17) is 14.7 Å². The molecular weight excluding hydrogens is 368 g/mol. The molecule has 2 heterocycles.